The van der Waals surface area contributed by atoms with E-state index in [-0.39, 0.29) is 22.1 Å². The molecule has 1 aliphatic rings. The number of morpholine rings is 1. The van der Waals surface area contributed by atoms with Crippen LogP contribution in [0.3, 0.4) is 0 Å². The smallest absolute Gasteiger partial charge is 0.378 e. The molecule has 186 valence electrons. The third-order valence-corrected chi connectivity index (χ3v) is 6.05. The maximum absolute atomic E-state index is 13.3. The number of nitro benzene ring substituents is 1. The minimum absolute atomic E-state index is 0.0414. The Kier molecular flexibility index (Phi) is 6.60. The minimum Gasteiger partial charge on any atom is -0.378 e. The monoisotopic (exact) mass is 511 g/mol. The fourth-order valence-corrected chi connectivity index (χ4v) is 4.18. The second kappa shape index (κ2) is 9.34. The summed E-state index contributed by atoms with van der Waals surface area (Å²) in [7, 11) is 1.59. The van der Waals surface area contributed by atoms with Crippen LogP contribution >= 0.6 is 11.6 Å². The predicted molar refractivity (Wildman–Crippen MR) is 125 cm³/mol. The van der Waals surface area contributed by atoms with Gasteiger partial charge in [-0.25, -0.2) is 4.98 Å². The topological polar surface area (TPSA) is 103 Å². The van der Waals surface area contributed by atoms with Gasteiger partial charge in [-0.15, -0.1) is 0 Å². The molecule has 1 fully saturated rings. The summed E-state index contributed by atoms with van der Waals surface area (Å²) in [4.78, 5) is 29.6. The van der Waals surface area contributed by atoms with E-state index in [9.17, 15) is 28.1 Å². The van der Waals surface area contributed by atoms with Crippen molar-refractivity contribution in [3.05, 3.63) is 67.1 Å². The molecule has 4 rings (SSSR count). The Hall–Kier alpha value is -3.38. The number of non-ortho nitro benzene ring substituents is 1. The first kappa shape index (κ1) is 24.7. The summed E-state index contributed by atoms with van der Waals surface area (Å²) in [6.45, 7) is 3.54. The lowest BCUT2D eigenvalue weighted by Gasteiger charge is -2.29. The van der Waals surface area contributed by atoms with Crippen LogP contribution in [0.5, 0.6) is 0 Å². The summed E-state index contributed by atoms with van der Waals surface area (Å²) in [6, 6.07) is 4.80. The summed E-state index contributed by atoms with van der Waals surface area (Å²) in [6.07, 6.45) is -4.76. The normalized spacial score (nSPS) is 15.3. The highest BCUT2D eigenvalue weighted by Gasteiger charge is 2.33. The number of aromatic nitrogens is 2. The highest BCUT2D eigenvalue weighted by Crippen LogP contribution is 2.35. The summed E-state index contributed by atoms with van der Waals surface area (Å²) in [5.41, 5.74) is -1.11. The van der Waals surface area contributed by atoms with Gasteiger partial charge < -0.3 is 19.5 Å². The van der Waals surface area contributed by atoms with E-state index in [0.29, 0.717) is 49.0 Å². The van der Waals surface area contributed by atoms with E-state index in [1.807, 2.05) is 4.90 Å². The molecule has 0 spiro atoms. The van der Waals surface area contributed by atoms with Gasteiger partial charge in [0.05, 0.1) is 35.3 Å². The molecule has 1 aliphatic heterocycles. The van der Waals surface area contributed by atoms with Crippen molar-refractivity contribution in [1.82, 2.24) is 9.55 Å². The first-order valence-corrected chi connectivity index (χ1v) is 11.0. The number of anilines is 2. The van der Waals surface area contributed by atoms with E-state index < -0.39 is 28.4 Å². The molecule has 13 heteroatoms. The molecule has 0 aliphatic carbocycles. The molecule has 0 unspecified atom stereocenters. The average molecular weight is 512 g/mol. The molecule has 3 heterocycles. The van der Waals surface area contributed by atoms with Gasteiger partial charge >= 0.3 is 6.18 Å². The fourth-order valence-electron chi connectivity index (χ4n) is 3.99. The highest BCUT2D eigenvalue weighted by atomic mass is 35.5. The fraction of sp³-hybridized carbons (Fsp3) is 0.364. The zero-order valence-corrected chi connectivity index (χ0v) is 19.5. The Morgan fingerprint density at radius 3 is 2.51 bits per heavy atom. The largest absolute Gasteiger partial charge is 0.416 e. The molecule has 0 radical (unpaired) electrons. The molecule has 2 aromatic heterocycles. The molecule has 0 bridgehead atoms. The third-order valence-electron chi connectivity index (χ3n) is 5.85. The number of nitrogens with zero attached hydrogens (tertiary/aromatic N) is 4. The minimum atomic E-state index is -4.76. The molecule has 0 saturated carbocycles. The van der Waals surface area contributed by atoms with Crippen LogP contribution in [0.2, 0.25) is 5.15 Å². The van der Waals surface area contributed by atoms with Gasteiger partial charge in [-0.1, -0.05) is 11.6 Å². The number of nitrogens with one attached hydrogen (secondary N) is 1. The number of alkyl halides is 3. The summed E-state index contributed by atoms with van der Waals surface area (Å²) in [5, 5.41) is 14.8. The molecule has 1 saturated heterocycles. The Labute approximate surface area is 202 Å². The number of benzene rings is 1. The number of nitro groups is 1. The van der Waals surface area contributed by atoms with Gasteiger partial charge in [0.2, 0.25) is 0 Å². The molecule has 0 amide bonds. The van der Waals surface area contributed by atoms with Crippen LogP contribution in [-0.4, -0.2) is 40.8 Å². The standard InChI is InChI=1S/C22H21ClF3N5O4/c1-12(13-7-14(22(24,25)26)9-15(8-13)31(33)34)27-20-16-10-18(30-3-5-35-6-4-30)21(32)29(2)17(16)11-19(23)28-20/h7-12H,3-6H2,1-2H3,(H,27,28)/t12-/m1/s1. The summed E-state index contributed by atoms with van der Waals surface area (Å²) < 4.78 is 46.8. The first-order valence-electron chi connectivity index (χ1n) is 10.6. The molecule has 9 nitrogen and oxygen atoms in total. The number of halogens is 4. The van der Waals surface area contributed by atoms with Gasteiger partial charge in [-0.3, -0.25) is 14.9 Å². The number of aryl methyl sites for hydroxylation is 1. The van der Waals surface area contributed by atoms with Crippen LogP contribution in [-0.2, 0) is 18.0 Å². The molecular formula is C22H21ClF3N5O4. The van der Waals surface area contributed by atoms with Crippen molar-refractivity contribution in [1.29, 1.82) is 0 Å². The second-order valence-corrected chi connectivity index (χ2v) is 8.54. The van der Waals surface area contributed by atoms with Crippen molar-refractivity contribution in [2.45, 2.75) is 19.1 Å². The number of hydrogen-bond acceptors (Lipinski definition) is 7. The maximum atomic E-state index is 13.3. The number of hydrogen-bond donors (Lipinski definition) is 1. The molecule has 35 heavy (non-hydrogen) atoms. The van der Waals surface area contributed by atoms with Gasteiger partial charge in [-0.05, 0) is 24.6 Å². The van der Waals surface area contributed by atoms with Crippen LogP contribution in [0.25, 0.3) is 10.9 Å². The van der Waals surface area contributed by atoms with Gasteiger partial charge in [0, 0.05) is 43.7 Å². The highest BCUT2D eigenvalue weighted by molar-refractivity contribution is 6.30. The van der Waals surface area contributed by atoms with Crippen LogP contribution in [0.1, 0.15) is 24.1 Å². The second-order valence-electron chi connectivity index (χ2n) is 8.15. The van der Waals surface area contributed by atoms with Crippen molar-refractivity contribution in [2.75, 3.05) is 36.5 Å². The van der Waals surface area contributed by atoms with Gasteiger partial charge in [-0.2, -0.15) is 13.2 Å². The third kappa shape index (κ3) is 5.03. The molecule has 1 N–H and O–H groups in total. The Morgan fingerprint density at radius 1 is 1.20 bits per heavy atom. The SMILES string of the molecule is C[C@@H](Nc1nc(Cl)cc2c1cc(N1CCOCC1)c(=O)n2C)c1cc([N+](=O)[O-])cc(C(F)(F)F)c1. The van der Waals surface area contributed by atoms with E-state index in [0.717, 1.165) is 12.1 Å². The van der Waals surface area contributed by atoms with E-state index >= 15 is 0 Å². The van der Waals surface area contributed by atoms with Crippen LogP contribution in [0.15, 0.2) is 35.1 Å². The first-order chi connectivity index (χ1) is 16.5. The maximum Gasteiger partial charge on any atom is 0.416 e. The Morgan fingerprint density at radius 2 is 1.89 bits per heavy atom. The van der Waals surface area contributed by atoms with Crippen LogP contribution < -0.4 is 15.8 Å². The lowest BCUT2D eigenvalue weighted by molar-refractivity contribution is -0.385. The van der Waals surface area contributed by atoms with E-state index in [1.54, 1.807) is 20.0 Å². The molecular weight excluding hydrogens is 491 g/mol. The van der Waals surface area contributed by atoms with E-state index in [1.165, 1.54) is 10.6 Å². The lowest BCUT2D eigenvalue weighted by atomic mass is 10.0. The van der Waals surface area contributed by atoms with Gasteiger partial charge in [0.15, 0.2) is 0 Å². The van der Waals surface area contributed by atoms with E-state index in [2.05, 4.69) is 10.3 Å². The Balaban J connectivity index is 1.80. The van der Waals surface area contributed by atoms with Crippen LogP contribution in [0.4, 0.5) is 30.4 Å². The molecule has 1 aromatic carbocycles. The zero-order chi connectivity index (χ0) is 25.5. The number of pyridine rings is 2. The number of fused-ring (bicyclic) bond motifs is 1. The summed E-state index contributed by atoms with van der Waals surface area (Å²) >= 11 is 6.19. The Bertz CT molecular complexity index is 1360. The van der Waals surface area contributed by atoms with Gasteiger partial charge in [0.25, 0.3) is 11.2 Å². The van der Waals surface area contributed by atoms with Crippen molar-refractivity contribution in [2.24, 2.45) is 7.05 Å². The van der Waals surface area contributed by atoms with E-state index in [4.69, 9.17) is 16.3 Å². The number of rotatable bonds is 5. The average Bonchev–Trinajstić information content (AvgIpc) is 2.81. The number of ether oxygens (including phenoxy) is 1. The molecule has 1 atom stereocenters. The van der Waals surface area contributed by atoms with Gasteiger partial charge in [0.1, 0.15) is 16.7 Å². The zero-order valence-electron chi connectivity index (χ0n) is 18.7. The van der Waals surface area contributed by atoms with Crippen molar-refractivity contribution >= 4 is 39.7 Å². The van der Waals surface area contributed by atoms with Crippen molar-refractivity contribution in [3.8, 4) is 0 Å². The predicted octanol–water partition coefficient (Wildman–Crippen LogP) is 4.52. The van der Waals surface area contributed by atoms with Crippen molar-refractivity contribution in [3.63, 3.8) is 0 Å². The molecule has 3 aromatic rings. The van der Waals surface area contributed by atoms with Crippen molar-refractivity contribution < 1.29 is 22.8 Å². The summed E-state index contributed by atoms with van der Waals surface area (Å²) in [5.74, 6) is 0.227. The lowest BCUT2D eigenvalue weighted by Crippen LogP contribution is -2.40. The van der Waals surface area contributed by atoms with Crippen LogP contribution in [0, 0.1) is 10.1 Å². The quantitative estimate of drug-likeness (QED) is 0.305.